The molecule has 1 saturated heterocycles. The third-order valence-electron chi connectivity index (χ3n) is 8.21. The predicted octanol–water partition coefficient (Wildman–Crippen LogP) is 4.52. The van der Waals surface area contributed by atoms with Crippen LogP contribution in [0.5, 0.6) is 5.75 Å². The number of rotatable bonds is 0. The number of carbonyl (C=O) groups is 1. The van der Waals surface area contributed by atoms with Gasteiger partial charge in [-0.25, -0.2) is 4.79 Å². The average molecular weight is 399 g/mol. The fourth-order valence-corrected chi connectivity index (χ4v) is 7.20. The molecular formula is C23H30N2O2S. The van der Waals surface area contributed by atoms with E-state index in [1.165, 1.54) is 21.8 Å². The summed E-state index contributed by atoms with van der Waals surface area (Å²) in [5.74, 6) is 1.56. The molecule has 0 saturated carbocycles. The number of hydrogen-bond acceptors (Lipinski definition) is 3. The molecule has 28 heavy (non-hydrogen) atoms. The molecular weight excluding hydrogens is 368 g/mol. The smallest absolute Gasteiger partial charge is 0.320 e. The Morgan fingerprint density at radius 1 is 1.21 bits per heavy atom. The SMILES string of the molecule is CC1(C)[C@H]2Cc3c(O)cccc3[C@]1(C)CCN2C(=O)N1CCC2=C(CCS2)C1. The first kappa shape index (κ1) is 18.4. The average Bonchev–Trinajstić information content (AvgIpc) is 3.12. The van der Waals surface area contributed by atoms with Gasteiger partial charge in [0, 0.05) is 36.8 Å². The zero-order valence-electron chi connectivity index (χ0n) is 17.1. The summed E-state index contributed by atoms with van der Waals surface area (Å²) in [5, 5.41) is 10.6. The summed E-state index contributed by atoms with van der Waals surface area (Å²) in [6, 6.07) is 6.25. The van der Waals surface area contributed by atoms with E-state index in [1.807, 2.05) is 17.8 Å². The molecule has 1 aliphatic carbocycles. The minimum atomic E-state index is -0.0366. The number of hydrogen-bond donors (Lipinski definition) is 1. The molecule has 0 radical (unpaired) electrons. The second-order valence-electron chi connectivity index (χ2n) is 9.60. The highest BCUT2D eigenvalue weighted by molar-refractivity contribution is 8.03. The number of amides is 2. The van der Waals surface area contributed by atoms with Crippen LogP contribution in [0.4, 0.5) is 4.79 Å². The largest absolute Gasteiger partial charge is 0.508 e. The third-order valence-corrected chi connectivity index (χ3v) is 9.46. The highest BCUT2D eigenvalue weighted by Gasteiger charge is 2.57. The van der Waals surface area contributed by atoms with Crippen molar-refractivity contribution < 1.29 is 9.90 Å². The van der Waals surface area contributed by atoms with Crippen molar-refractivity contribution >= 4 is 17.8 Å². The van der Waals surface area contributed by atoms with Gasteiger partial charge in [-0.15, -0.1) is 11.8 Å². The van der Waals surface area contributed by atoms with Crippen LogP contribution in [-0.4, -0.2) is 52.4 Å². The van der Waals surface area contributed by atoms with E-state index in [9.17, 15) is 9.90 Å². The van der Waals surface area contributed by atoms with Crippen LogP contribution in [0.1, 0.15) is 51.2 Å². The molecule has 5 rings (SSSR count). The molecule has 5 heteroatoms. The number of phenolic OH excluding ortho intramolecular Hbond substituents is 1. The predicted molar refractivity (Wildman–Crippen MR) is 114 cm³/mol. The number of thioether (sulfide) groups is 1. The Bertz CT molecular complexity index is 877. The first-order chi connectivity index (χ1) is 13.3. The van der Waals surface area contributed by atoms with Gasteiger partial charge in [-0.2, -0.15) is 0 Å². The Morgan fingerprint density at radius 2 is 2.04 bits per heavy atom. The molecule has 2 bridgehead atoms. The highest BCUT2D eigenvalue weighted by Crippen LogP contribution is 2.57. The Kier molecular flexibility index (Phi) is 4.07. The lowest BCUT2D eigenvalue weighted by molar-refractivity contribution is -0.0235. The van der Waals surface area contributed by atoms with Gasteiger partial charge in [-0.3, -0.25) is 0 Å². The molecule has 4 nitrogen and oxygen atoms in total. The van der Waals surface area contributed by atoms with Crippen LogP contribution in [0.2, 0.25) is 0 Å². The lowest BCUT2D eigenvalue weighted by Gasteiger charge is -2.61. The monoisotopic (exact) mass is 398 g/mol. The standard InChI is InChI=1S/C23H30N2O2S/c1-22(2)20-13-16-17(5-4-6-18(16)26)23(22,3)9-11-25(20)21(27)24-10-7-19-15(14-24)8-12-28-19/h4-6,20,26H,7-14H2,1-3H3/t20-,23+/m1/s1. The Balaban J connectivity index is 1.47. The number of nitrogens with zero attached hydrogens (tertiary/aromatic N) is 2. The van der Waals surface area contributed by atoms with Crippen molar-refractivity contribution in [3.8, 4) is 5.75 Å². The summed E-state index contributed by atoms with van der Waals surface area (Å²) in [5.41, 5.74) is 3.74. The Hall–Kier alpha value is -1.62. The molecule has 1 N–H and O–H groups in total. The molecule has 1 fully saturated rings. The number of carbonyl (C=O) groups excluding carboxylic acids is 1. The van der Waals surface area contributed by atoms with E-state index in [2.05, 4.69) is 36.6 Å². The number of urea groups is 1. The molecule has 150 valence electrons. The van der Waals surface area contributed by atoms with Crippen molar-refractivity contribution in [2.45, 2.75) is 57.9 Å². The van der Waals surface area contributed by atoms with E-state index in [1.54, 1.807) is 6.07 Å². The van der Waals surface area contributed by atoms with Crippen LogP contribution in [0.3, 0.4) is 0 Å². The normalized spacial score (nSPS) is 30.9. The van der Waals surface area contributed by atoms with Crippen LogP contribution in [-0.2, 0) is 11.8 Å². The van der Waals surface area contributed by atoms with E-state index in [0.717, 1.165) is 50.9 Å². The Morgan fingerprint density at radius 3 is 2.86 bits per heavy atom. The molecule has 0 aromatic heterocycles. The maximum Gasteiger partial charge on any atom is 0.320 e. The topological polar surface area (TPSA) is 43.8 Å². The molecule has 0 unspecified atom stereocenters. The number of likely N-dealkylation sites (tertiary alicyclic amines) is 1. The van der Waals surface area contributed by atoms with Crippen LogP contribution in [0.15, 0.2) is 28.7 Å². The van der Waals surface area contributed by atoms with Crippen molar-refractivity contribution in [1.82, 2.24) is 9.80 Å². The first-order valence-electron chi connectivity index (χ1n) is 10.5. The summed E-state index contributed by atoms with van der Waals surface area (Å²) < 4.78 is 0. The number of piperidine rings is 1. The van der Waals surface area contributed by atoms with Gasteiger partial charge < -0.3 is 14.9 Å². The summed E-state index contributed by atoms with van der Waals surface area (Å²) in [6.07, 6.45) is 3.84. The van der Waals surface area contributed by atoms with E-state index in [0.29, 0.717) is 5.75 Å². The van der Waals surface area contributed by atoms with Gasteiger partial charge in [-0.1, -0.05) is 32.9 Å². The molecule has 1 aromatic rings. The van der Waals surface area contributed by atoms with Gasteiger partial charge in [-0.05, 0) is 58.8 Å². The number of fused-ring (bicyclic) bond motifs is 4. The van der Waals surface area contributed by atoms with Crippen molar-refractivity contribution in [3.05, 3.63) is 39.8 Å². The fourth-order valence-electron chi connectivity index (χ4n) is 6.00. The molecule has 1 aromatic carbocycles. The third kappa shape index (κ3) is 2.41. The summed E-state index contributed by atoms with van der Waals surface area (Å²) in [6.45, 7) is 9.41. The maximum absolute atomic E-state index is 13.6. The van der Waals surface area contributed by atoms with Crippen LogP contribution >= 0.6 is 11.8 Å². The van der Waals surface area contributed by atoms with Gasteiger partial charge in [0.1, 0.15) is 5.75 Å². The number of phenols is 1. The fraction of sp³-hybridized carbons (Fsp3) is 0.609. The van der Waals surface area contributed by atoms with Crippen molar-refractivity contribution in [1.29, 1.82) is 0 Å². The van der Waals surface area contributed by atoms with Gasteiger partial charge in [0.25, 0.3) is 0 Å². The van der Waals surface area contributed by atoms with E-state index >= 15 is 0 Å². The molecule has 0 spiro atoms. The van der Waals surface area contributed by atoms with Gasteiger partial charge in [0.15, 0.2) is 0 Å². The highest BCUT2D eigenvalue weighted by atomic mass is 32.2. The van der Waals surface area contributed by atoms with Crippen molar-refractivity contribution in [2.75, 3.05) is 25.4 Å². The molecule has 2 atom stereocenters. The zero-order chi connectivity index (χ0) is 19.7. The second-order valence-corrected chi connectivity index (χ2v) is 10.8. The number of aromatic hydroxyl groups is 1. The summed E-state index contributed by atoms with van der Waals surface area (Å²) in [7, 11) is 0. The summed E-state index contributed by atoms with van der Waals surface area (Å²) >= 11 is 1.98. The van der Waals surface area contributed by atoms with Crippen LogP contribution in [0, 0.1) is 5.41 Å². The van der Waals surface area contributed by atoms with Crippen molar-refractivity contribution in [2.24, 2.45) is 5.41 Å². The number of benzene rings is 1. The van der Waals surface area contributed by atoms with Gasteiger partial charge in [0.2, 0.25) is 0 Å². The van der Waals surface area contributed by atoms with Crippen LogP contribution < -0.4 is 0 Å². The quantitative estimate of drug-likeness (QED) is 0.699. The van der Waals surface area contributed by atoms with Crippen LogP contribution in [0.25, 0.3) is 0 Å². The maximum atomic E-state index is 13.6. The minimum absolute atomic E-state index is 0.0273. The van der Waals surface area contributed by atoms with E-state index < -0.39 is 0 Å². The van der Waals surface area contributed by atoms with Gasteiger partial charge >= 0.3 is 6.03 Å². The Labute approximate surface area is 172 Å². The summed E-state index contributed by atoms with van der Waals surface area (Å²) in [4.78, 5) is 19.3. The minimum Gasteiger partial charge on any atom is -0.508 e. The molecule has 3 heterocycles. The lowest BCUT2D eigenvalue weighted by atomic mass is 9.51. The first-order valence-corrected chi connectivity index (χ1v) is 11.5. The zero-order valence-corrected chi connectivity index (χ0v) is 17.9. The van der Waals surface area contributed by atoms with E-state index in [-0.39, 0.29) is 22.9 Å². The van der Waals surface area contributed by atoms with Crippen molar-refractivity contribution in [3.63, 3.8) is 0 Å². The second kappa shape index (κ2) is 6.19. The van der Waals surface area contributed by atoms with E-state index in [4.69, 9.17) is 0 Å². The molecule has 3 aliphatic heterocycles. The molecule has 2 amide bonds. The lowest BCUT2D eigenvalue weighted by Crippen LogP contribution is -2.66. The van der Waals surface area contributed by atoms with Gasteiger partial charge in [0.05, 0.1) is 0 Å². The molecule has 4 aliphatic rings.